The third kappa shape index (κ3) is 13.6. The number of carbonyl (C=O) groups excluding carboxylic acids is 5. The van der Waals surface area contributed by atoms with Gasteiger partial charge in [0.15, 0.2) is 5.78 Å². The number of nitrogens with zero attached hydrogens (tertiary/aromatic N) is 2. The first-order chi connectivity index (χ1) is 26.2. The average molecular weight is 787 g/mol. The van der Waals surface area contributed by atoms with Crippen LogP contribution in [0.25, 0.3) is 0 Å². The highest BCUT2D eigenvalue weighted by Crippen LogP contribution is 2.31. The van der Waals surface area contributed by atoms with Crippen LogP contribution in [0.3, 0.4) is 0 Å². The molecule has 1 unspecified atom stereocenters. The predicted octanol–water partition coefficient (Wildman–Crippen LogP) is 5.45. The van der Waals surface area contributed by atoms with Crippen LogP contribution < -0.4 is 10.6 Å². The Kier molecular flexibility index (Phi) is 19.7. The number of likely N-dealkylation sites (N-methyl/N-ethyl adjacent to an activating group) is 2. The first kappa shape index (κ1) is 48.8. The molecule has 12 heteroatoms. The number of esters is 1. The molecule has 0 radical (unpaired) electrons. The largest absolute Gasteiger partial charge is 0.458 e. The summed E-state index contributed by atoms with van der Waals surface area (Å²) in [4.78, 5) is 72.6. The molecule has 1 aromatic rings. The lowest BCUT2D eigenvalue weighted by Crippen LogP contribution is -2.55. The van der Waals surface area contributed by atoms with Crippen molar-refractivity contribution in [3.8, 4) is 0 Å². The summed E-state index contributed by atoms with van der Waals surface area (Å²) in [5, 5.41) is 6.04. The van der Waals surface area contributed by atoms with Crippen molar-refractivity contribution in [2.45, 2.75) is 150 Å². The summed E-state index contributed by atoms with van der Waals surface area (Å²) in [5.74, 6) is -2.41. The molecule has 1 heterocycles. The molecule has 0 saturated carbocycles. The van der Waals surface area contributed by atoms with Gasteiger partial charge in [0, 0.05) is 46.6 Å². The van der Waals surface area contributed by atoms with Crippen molar-refractivity contribution in [2.75, 3.05) is 34.9 Å². The lowest BCUT2D eigenvalue weighted by molar-refractivity contribution is -0.159. The Labute approximate surface area is 337 Å². The molecule has 1 saturated heterocycles. The number of carbonyl (C=O) groups is 5. The Hall–Kier alpha value is -3.35. The summed E-state index contributed by atoms with van der Waals surface area (Å²) in [6.45, 7) is 19.6. The number of hydrogen-bond acceptors (Lipinski definition) is 9. The van der Waals surface area contributed by atoms with Crippen LogP contribution in [0.5, 0.6) is 0 Å². The molecule has 1 fully saturated rings. The number of methoxy groups -OCH3 is 2. The minimum absolute atomic E-state index is 0.00810. The molecule has 0 aromatic heterocycles. The lowest BCUT2D eigenvalue weighted by atomic mass is 9.84. The molecule has 56 heavy (non-hydrogen) atoms. The van der Waals surface area contributed by atoms with Gasteiger partial charge in [-0.15, -0.1) is 0 Å². The average Bonchev–Trinajstić information content (AvgIpc) is 3.62. The van der Waals surface area contributed by atoms with Crippen molar-refractivity contribution in [3.63, 3.8) is 0 Å². The molecule has 1 aromatic carbocycles. The van der Waals surface area contributed by atoms with E-state index in [0.717, 1.165) is 18.4 Å². The van der Waals surface area contributed by atoms with Gasteiger partial charge in [-0.25, -0.2) is 4.79 Å². The van der Waals surface area contributed by atoms with E-state index in [0.29, 0.717) is 13.0 Å². The molecular formula is C44H74N4O8. The van der Waals surface area contributed by atoms with Gasteiger partial charge in [-0.2, -0.15) is 0 Å². The normalized spacial score (nSPS) is 19.1. The fourth-order valence-electron chi connectivity index (χ4n) is 8.10. The van der Waals surface area contributed by atoms with Crippen molar-refractivity contribution < 1.29 is 38.2 Å². The summed E-state index contributed by atoms with van der Waals surface area (Å²) < 4.78 is 17.7. The quantitative estimate of drug-likeness (QED) is 0.147. The van der Waals surface area contributed by atoms with Gasteiger partial charge in [0.1, 0.15) is 11.6 Å². The van der Waals surface area contributed by atoms with Crippen LogP contribution >= 0.6 is 0 Å². The molecular weight excluding hydrogens is 713 g/mol. The highest BCUT2D eigenvalue weighted by atomic mass is 16.6. The van der Waals surface area contributed by atoms with E-state index in [1.165, 1.54) is 7.11 Å². The van der Waals surface area contributed by atoms with Crippen molar-refractivity contribution >= 4 is 29.5 Å². The van der Waals surface area contributed by atoms with Crippen LogP contribution in [-0.2, 0) is 44.6 Å². The molecule has 0 bridgehead atoms. The molecule has 9 atom stereocenters. The van der Waals surface area contributed by atoms with Crippen molar-refractivity contribution in [1.82, 2.24) is 20.4 Å². The number of nitrogens with one attached hydrogen (secondary N) is 2. The van der Waals surface area contributed by atoms with E-state index < -0.39 is 53.7 Å². The fraction of sp³-hybridized carbons (Fsp3) is 0.750. The minimum atomic E-state index is -0.918. The molecule has 0 aliphatic carbocycles. The monoisotopic (exact) mass is 787 g/mol. The molecule has 12 nitrogen and oxygen atoms in total. The van der Waals surface area contributed by atoms with Gasteiger partial charge in [-0.1, -0.05) is 85.2 Å². The zero-order valence-electron chi connectivity index (χ0n) is 36.8. The first-order valence-electron chi connectivity index (χ1n) is 20.6. The number of rotatable bonds is 22. The number of hydrogen-bond donors (Lipinski definition) is 2. The summed E-state index contributed by atoms with van der Waals surface area (Å²) in [7, 11) is 6.63. The Bertz CT molecular complexity index is 1410. The summed E-state index contributed by atoms with van der Waals surface area (Å²) in [6.07, 6.45) is 1.26. The summed E-state index contributed by atoms with van der Waals surface area (Å²) >= 11 is 0. The second kappa shape index (κ2) is 22.6. The molecule has 2 rings (SSSR count). The van der Waals surface area contributed by atoms with Crippen LogP contribution in [0.15, 0.2) is 30.3 Å². The van der Waals surface area contributed by atoms with E-state index in [4.69, 9.17) is 14.2 Å². The van der Waals surface area contributed by atoms with Gasteiger partial charge in [-0.05, 0) is 64.0 Å². The van der Waals surface area contributed by atoms with E-state index in [-0.39, 0.29) is 66.6 Å². The molecule has 3 amide bonds. The summed E-state index contributed by atoms with van der Waals surface area (Å²) in [5.41, 5.74) is 0.140. The van der Waals surface area contributed by atoms with Gasteiger partial charge in [0.2, 0.25) is 17.7 Å². The van der Waals surface area contributed by atoms with Gasteiger partial charge in [0.05, 0.1) is 42.7 Å². The maximum Gasteiger partial charge on any atom is 0.329 e. The van der Waals surface area contributed by atoms with Gasteiger partial charge in [0.25, 0.3) is 0 Å². The lowest BCUT2D eigenvalue weighted by Gasteiger charge is -2.41. The third-order valence-electron chi connectivity index (χ3n) is 11.4. The highest BCUT2D eigenvalue weighted by molar-refractivity contribution is 5.90. The maximum atomic E-state index is 14.3. The van der Waals surface area contributed by atoms with Crippen molar-refractivity contribution in [3.05, 3.63) is 35.9 Å². The number of Topliss-reactive ketones (excluding diaryl/α,β-unsaturated/α-hetero) is 1. The Morgan fingerprint density at radius 3 is 2.05 bits per heavy atom. The zero-order valence-corrected chi connectivity index (χ0v) is 36.8. The van der Waals surface area contributed by atoms with Crippen LogP contribution in [0.1, 0.15) is 107 Å². The third-order valence-corrected chi connectivity index (χ3v) is 11.4. The Morgan fingerprint density at radius 1 is 0.929 bits per heavy atom. The topological polar surface area (TPSA) is 144 Å². The molecule has 0 spiro atoms. The SMILES string of the molecule is CC[C@H](C)[C@@H]([C@@H](CC(=O)N1CCC[C@H]1[C@H](OC)[C@@H](C)C(=O)NC(Cc1ccccc1)C(=O)OC(C)(C)C)OC)N(C)C(=O)[C@@H](CC(=O)[C@@H](NC)C(C)C)C(C)C. The second-order valence-corrected chi connectivity index (χ2v) is 17.4. The van der Waals surface area contributed by atoms with Crippen LogP contribution in [0, 0.1) is 29.6 Å². The van der Waals surface area contributed by atoms with Crippen LogP contribution in [0.4, 0.5) is 0 Å². The first-order valence-corrected chi connectivity index (χ1v) is 20.6. The smallest absolute Gasteiger partial charge is 0.329 e. The molecule has 318 valence electrons. The maximum absolute atomic E-state index is 14.3. The van der Waals surface area contributed by atoms with Crippen LogP contribution in [-0.4, -0.2) is 116 Å². The van der Waals surface area contributed by atoms with Gasteiger partial charge < -0.3 is 34.6 Å². The number of ether oxygens (including phenoxy) is 3. The van der Waals surface area contributed by atoms with E-state index in [2.05, 4.69) is 17.6 Å². The van der Waals surface area contributed by atoms with E-state index in [1.54, 1.807) is 58.7 Å². The Morgan fingerprint density at radius 2 is 1.55 bits per heavy atom. The molecule has 2 N–H and O–H groups in total. The number of benzene rings is 1. The number of amides is 3. The highest BCUT2D eigenvalue weighted by Gasteiger charge is 2.43. The predicted molar refractivity (Wildman–Crippen MR) is 220 cm³/mol. The standard InChI is InChI=1S/C44H74N4O8/c1-15-29(6)39(47(12)42(52)32(27(2)3)25-35(49)38(45-11)28(4)5)36(54-13)26-37(50)48-23-19-22-34(48)40(55-14)30(7)41(51)46-33(43(53)56-44(8,9)10)24-31-20-17-16-18-21-31/h16-18,20-21,27-30,32-34,36,38-40,45H,15,19,22-26H2,1-14H3,(H,46,51)/t29-,30+,32-,33?,34-,36+,38-,39-,40+/m0/s1. The van der Waals surface area contributed by atoms with E-state index in [1.807, 2.05) is 65.0 Å². The fourth-order valence-corrected chi connectivity index (χ4v) is 8.10. The van der Waals surface area contributed by atoms with E-state index in [9.17, 15) is 24.0 Å². The number of likely N-dealkylation sites (tertiary alicyclic amines) is 1. The van der Waals surface area contributed by atoms with Crippen LogP contribution in [0.2, 0.25) is 0 Å². The minimum Gasteiger partial charge on any atom is -0.458 e. The zero-order chi connectivity index (χ0) is 42.5. The number of ketones is 1. The van der Waals surface area contributed by atoms with Crippen molar-refractivity contribution in [1.29, 1.82) is 0 Å². The van der Waals surface area contributed by atoms with E-state index >= 15 is 0 Å². The second-order valence-electron chi connectivity index (χ2n) is 17.4. The molecule has 1 aliphatic heterocycles. The molecule has 1 aliphatic rings. The summed E-state index contributed by atoms with van der Waals surface area (Å²) in [6, 6.07) is 7.37. The van der Waals surface area contributed by atoms with Gasteiger partial charge in [-0.3, -0.25) is 19.2 Å². The van der Waals surface area contributed by atoms with Gasteiger partial charge >= 0.3 is 5.97 Å². The Balaban J connectivity index is 2.31. The van der Waals surface area contributed by atoms with Crippen molar-refractivity contribution in [2.24, 2.45) is 29.6 Å².